The molecule has 3 aromatic carbocycles. The summed E-state index contributed by atoms with van der Waals surface area (Å²) in [5, 5.41) is 30.3. The van der Waals surface area contributed by atoms with E-state index in [9.17, 15) is 28.6 Å². The standard InChI is InChI=1S/C23H23NO3.C20H22F2O4/c1-24-12-11-23-15-8-10-17(26)22(23)27-21-16(25)9-7-14(19(21)23)18(20(15)24)13-5-3-2-4-6-13;21-20(22,17(23)24)16(15-4-2-1-3-5-15)26-18(25)19-9-12-6-13(10-19)8-14(7-12)11-19/h2-10,15,17-18,20,22,25-26H,11-12H2,1H3;1-5,12-14,16H,6-11H2,(H,23,24)/t15-,17-,18?,20-,22-,23-;/m0./s1. The number of phenols is 1. The van der Waals surface area contributed by atoms with Crippen LogP contribution in [-0.2, 0) is 19.7 Å². The highest BCUT2D eigenvalue weighted by molar-refractivity contribution is 5.80. The van der Waals surface area contributed by atoms with Gasteiger partial charge < -0.3 is 29.7 Å². The van der Waals surface area contributed by atoms with Crippen LogP contribution in [0.1, 0.15) is 79.2 Å². The first-order chi connectivity index (χ1) is 25.4. The number of alkyl halides is 2. The number of ether oxygens (including phenoxy) is 2. The van der Waals surface area contributed by atoms with Crippen molar-refractivity contribution in [2.24, 2.45) is 29.1 Å². The Morgan fingerprint density at radius 2 is 1.55 bits per heavy atom. The maximum atomic E-state index is 14.4. The van der Waals surface area contributed by atoms with Crippen LogP contribution >= 0.6 is 0 Å². The molecule has 10 heteroatoms. The normalized spacial score (nSPS) is 36.1. The molecular formula is C43H45F2NO7. The topological polar surface area (TPSA) is 117 Å². The van der Waals surface area contributed by atoms with Gasteiger partial charge in [0.15, 0.2) is 11.5 Å². The van der Waals surface area contributed by atoms with Crippen LogP contribution in [0.25, 0.3) is 0 Å². The van der Waals surface area contributed by atoms with Gasteiger partial charge in [-0.1, -0.05) is 78.9 Å². The van der Waals surface area contributed by atoms with Gasteiger partial charge in [0, 0.05) is 28.9 Å². The molecule has 278 valence electrons. The molecule has 0 radical (unpaired) electrons. The minimum atomic E-state index is -4.18. The number of piperidine rings is 1. The molecule has 3 aromatic rings. The number of phenolic OH excluding ortho intramolecular Hbond substituents is 1. The number of hydrogen-bond donors (Lipinski definition) is 3. The second kappa shape index (κ2) is 12.4. The van der Waals surface area contributed by atoms with Gasteiger partial charge in [-0.15, -0.1) is 0 Å². The van der Waals surface area contributed by atoms with Crippen molar-refractivity contribution in [2.75, 3.05) is 13.6 Å². The highest BCUT2D eigenvalue weighted by atomic mass is 19.3. The third-order valence-electron chi connectivity index (χ3n) is 13.8. The van der Waals surface area contributed by atoms with Crippen LogP contribution in [-0.4, -0.2) is 69.9 Å². The van der Waals surface area contributed by atoms with Crippen molar-refractivity contribution < 1.29 is 43.2 Å². The first-order valence-electron chi connectivity index (χ1n) is 18.9. The van der Waals surface area contributed by atoms with Gasteiger partial charge in [-0.25, -0.2) is 4.79 Å². The van der Waals surface area contributed by atoms with Gasteiger partial charge in [0.25, 0.3) is 0 Å². The van der Waals surface area contributed by atoms with Crippen molar-refractivity contribution in [2.45, 2.75) is 86.6 Å². The lowest BCUT2D eigenvalue weighted by Crippen LogP contribution is -2.65. The van der Waals surface area contributed by atoms with Crippen molar-refractivity contribution in [3.05, 3.63) is 107 Å². The van der Waals surface area contributed by atoms with Crippen molar-refractivity contribution in [3.8, 4) is 11.5 Å². The maximum absolute atomic E-state index is 14.4. The molecule has 53 heavy (non-hydrogen) atoms. The van der Waals surface area contributed by atoms with Gasteiger partial charge in [0.05, 0.1) is 5.41 Å². The smallest absolute Gasteiger partial charge is 0.382 e. The summed E-state index contributed by atoms with van der Waals surface area (Å²) < 4.78 is 40.3. The minimum Gasteiger partial charge on any atom is -0.504 e. The average Bonchev–Trinajstić information content (AvgIpc) is 3.50. The maximum Gasteiger partial charge on any atom is 0.382 e. The van der Waals surface area contributed by atoms with Gasteiger partial charge in [0.1, 0.15) is 12.2 Å². The van der Waals surface area contributed by atoms with Gasteiger partial charge in [-0.05, 0) is 99.0 Å². The number of aromatic hydroxyl groups is 1. The van der Waals surface area contributed by atoms with E-state index < -0.39 is 35.5 Å². The summed E-state index contributed by atoms with van der Waals surface area (Å²) in [5.41, 5.74) is 2.71. The Hall–Kier alpha value is -4.28. The van der Waals surface area contributed by atoms with Crippen molar-refractivity contribution in [1.29, 1.82) is 0 Å². The van der Waals surface area contributed by atoms with Gasteiger partial charge >= 0.3 is 17.9 Å². The molecule has 7 atom stereocenters. The zero-order valence-corrected chi connectivity index (χ0v) is 29.6. The third-order valence-corrected chi connectivity index (χ3v) is 13.8. The Balaban J connectivity index is 0.000000141. The Labute approximate surface area is 307 Å². The molecule has 2 heterocycles. The fourth-order valence-corrected chi connectivity index (χ4v) is 12.1. The van der Waals surface area contributed by atoms with E-state index in [1.165, 1.54) is 35.4 Å². The molecule has 4 saturated carbocycles. The molecule has 1 saturated heterocycles. The number of halogens is 2. The monoisotopic (exact) mass is 725 g/mol. The zero-order valence-electron chi connectivity index (χ0n) is 29.6. The Morgan fingerprint density at radius 3 is 2.17 bits per heavy atom. The number of carboxylic acid groups (broad SMARTS) is 1. The van der Waals surface area contributed by atoms with E-state index in [0.29, 0.717) is 48.8 Å². The summed E-state index contributed by atoms with van der Waals surface area (Å²) in [6.07, 6.45) is 7.34. The van der Waals surface area contributed by atoms with Crippen LogP contribution in [0.4, 0.5) is 8.78 Å². The molecule has 0 aromatic heterocycles. The summed E-state index contributed by atoms with van der Waals surface area (Å²) in [4.78, 5) is 26.6. The molecular weight excluding hydrogens is 680 g/mol. The van der Waals surface area contributed by atoms with E-state index in [1.807, 2.05) is 6.08 Å². The number of aliphatic hydroxyl groups is 1. The number of carbonyl (C=O) groups is 2. The van der Waals surface area contributed by atoms with Crippen LogP contribution in [0.5, 0.6) is 11.5 Å². The summed E-state index contributed by atoms with van der Waals surface area (Å²) in [6, 6.07) is 22.2. The first-order valence-corrected chi connectivity index (χ1v) is 18.9. The van der Waals surface area contributed by atoms with Crippen LogP contribution < -0.4 is 4.74 Å². The van der Waals surface area contributed by atoms with Crippen LogP contribution in [0, 0.1) is 29.1 Å². The van der Waals surface area contributed by atoms with E-state index in [1.54, 1.807) is 12.1 Å². The number of nitrogens with zero attached hydrogens (tertiary/aromatic N) is 1. The second-order valence-corrected chi connectivity index (χ2v) is 16.8. The predicted molar refractivity (Wildman–Crippen MR) is 191 cm³/mol. The summed E-state index contributed by atoms with van der Waals surface area (Å²) >= 11 is 0. The number of likely N-dealkylation sites (N-methyl/N-ethyl adjacent to an activating group) is 1. The zero-order chi connectivity index (χ0) is 36.9. The van der Waals surface area contributed by atoms with Gasteiger partial charge in [0.2, 0.25) is 6.10 Å². The number of likely N-dealkylation sites (tertiary alicyclic amines) is 1. The molecule has 1 spiro atoms. The number of aliphatic carboxylic acids is 1. The molecule has 8 nitrogen and oxygen atoms in total. The number of carbonyl (C=O) groups excluding carboxylic acids is 1. The number of aliphatic hydroxyl groups excluding tert-OH is 1. The van der Waals surface area contributed by atoms with Crippen molar-refractivity contribution in [1.82, 2.24) is 4.90 Å². The van der Waals surface area contributed by atoms with Gasteiger partial charge in [-0.3, -0.25) is 4.79 Å². The van der Waals surface area contributed by atoms with E-state index >= 15 is 0 Å². The molecule has 2 unspecified atom stereocenters. The summed E-state index contributed by atoms with van der Waals surface area (Å²) in [7, 11) is 2.21. The van der Waals surface area contributed by atoms with Crippen LogP contribution in [0.3, 0.4) is 0 Å². The Morgan fingerprint density at radius 1 is 0.925 bits per heavy atom. The summed E-state index contributed by atoms with van der Waals surface area (Å²) in [5.74, 6) is -4.48. The SMILES string of the molecule is CN1CC[C@]23c4c5ccc(O)c4O[C@H]2[C@@H](O)C=C[C@H]3[C@H]1C5c1ccccc1.O=C(OC(c1ccccc1)C(F)(F)C(=O)O)C12CC3CC(CC(C3)C1)C2. The van der Waals surface area contributed by atoms with Crippen molar-refractivity contribution >= 4 is 11.9 Å². The van der Waals surface area contributed by atoms with Crippen molar-refractivity contribution in [3.63, 3.8) is 0 Å². The minimum absolute atomic E-state index is 0.00187. The number of rotatable bonds is 6. The second-order valence-electron chi connectivity index (χ2n) is 16.8. The molecule has 11 rings (SSSR count). The van der Waals surface area contributed by atoms with E-state index in [0.717, 1.165) is 37.8 Å². The number of benzene rings is 3. The number of carboxylic acids is 1. The predicted octanol–water partition coefficient (Wildman–Crippen LogP) is 6.99. The highest BCUT2D eigenvalue weighted by Gasteiger charge is 2.66. The highest BCUT2D eigenvalue weighted by Crippen LogP contribution is 2.66. The Kier molecular flexibility index (Phi) is 8.06. The van der Waals surface area contributed by atoms with Crippen LogP contribution in [0.15, 0.2) is 84.9 Å². The largest absolute Gasteiger partial charge is 0.504 e. The number of esters is 1. The Bertz CT molecular complexity index is 1920. The van der Waals surface area contributed by atoms with Gasteiger partial charge in [-0.2, -0.15) is 8.78 Å². The van der Waals surface area contributed by atoms with E-state index in [4.69, 9.17) is 14.6 Å². The third kappa shape index (κ3) is 5.18. The molecule has 2 aliphatic heterocycles. The van der Waals surface area contributed by atoms with Crippen LogP contribution in [0.2, 0.25) is 0 Å². The molecule has 3 N–H and O–H groups in total. The fourth-order valence-electron chi connectivity index (χ4n) is 12.1. The molecule has 0 amide bonds. The molecule has 6 aliphatic carbocycles. The van der Waals surface area contributed by atoms with E-state index in [-0.39, 0.29) is 34.7 Å². The molecule has 6 bridgehead atoms. The quantitative estimate of drug-likeness (QED) is 0.184. The fraction of sp³-hybridized carbons (Fsp3) is 0.488. The lowest BCUT2D eigenvalue weighted by molar-refractivity contribution is -0.207. The molecule has 5 fully saturated rings. The number of hydrogen-bond acceptors (Lipinski definition) is 7. The average molecular weight is 726 g/mol. The van der Waals surface area contributed by atoms with E-state index in [2.05, 4.69) is 54.4 Å². The summed E-state index contributed by atoms with van der Waals surface area (Å²) in [6.45, 7) is 0.958. The first kappa shape index (κ1) is 34.5. The lowest BCUT2D eigenvalue weighted by atomic mass is 9.49. The lowest BCUT2D eigenvalue weighted by Gasteiger charge is -2.59. The molecule has 8 aliphatic rings.